The Kier molecular flexibility index (Phi) is 6.25. The van der Waals surface area contributed by atoms with Crippen LogP contribution in [0.25, 0.3) is 0 Å². The molecule has 0 saturated carbocycles. The van der Waals surface area contributed by atoms with Crippen LogP contribution in [-0.4, -0.2) is 21.4 Å². The number of benzene rings is 3. The van der Waals surface area contributed by atoms with E-state index in [0.29, 0.717) is 5.69 Å². The first-order valence-corrected chi connectivity index (χ1v) is 10.8. The van der Waals surface area contributed by atoms with Crippen molar-refractivity contribution in [3.05, 3.63) is 95.0 Å². The van der Waals surface area contributed by atoms with Gasteiger partial charge in [0.1, 0.15) is 0 Å². The van der Waals surface area contributed by atoms with E-state index in [0.717, 1.165) is 9.87 Å². The topological polar surface area (TPSA) is 66.5 Å². The van der Waals surface area contributed by atoms with Gasteiger partial charge in [-0.3, -0.25) is 9.10 Å². The molecule has 29 heavy (non-hydrogen) atoms. The molecular weight excluding hydrogens is 408 g/mol. The first-order valence-electron chi connectivity index (χ1n) is 9.00. The van der Waals surface area contributed by atoms with Gasteiger partial charge in [0.2, 0.25) is 0 Å². The van der Waals surface area contributed by atoms with Crippen molar-refractivity contribution in [2.45, 2.75) is 17.9 Å². The third kappa shape index (κ3) is 4.60. The maximum atomic E-state index is 12.8. The van der Waals surface area contributed by atoms with Crippen LogP contribution in [0.5, 0.6) is 0 Å². The second kappa shape index (κ2) is 8.68. The molecule has 1 N–H and O–H groups in total. The lowest BCUT2D eigenvalue weighted by Gasteiger charge is -2.20. The Morgan fingerprint density at radius 2 is 1.55 bits per heavy atom. The van der Waals surface area contributed by atoms with Crippen molar-refractivity contribution < 1.29 is 13.2 Å². The lowest BCUT2D eigenvalue weighted by Crippen LogP contribution is -2.28. The van der Waals surface area contributed by atoms with Crippen LogP contribution in [0.4, 0.5) is 5.69 Å². The molecule has 0 saturated heterocycles. The fourth-order valence-electron chi connectivity index (χ4n) is 2.87. The van der Waals surface area contributed by atoms with Crippen LogP contribution in [0.2, 0.25) is 5.02 Å². The highest BCUT2D eigenvalue weighted by Gasteiger charge is 2.22. The lowest BCUT2D eigenvalue weighted by molar-refractivity contribution is 0.0940. The number of carbonyl (C=O) groups excluding carboxylic acids is 1. The number of rotatable bonds is 6. The predicted octanol–water partition coefficient (Wildman–Crippen LogP) is 4.66. The summed E-state index contributed by atoms with van der Waals surface area (Å²) in [5.41, 5.74) is 1.62. The van der Waals surface area contributed by atoms with Gasteiger partial charge in [0.25, 0.3) is 15.9 Å². The molecule has 0 bridgehead atoms. The zero-order chi connectivity index (χ0) is 21.0. The van der Waals surface area contributed by atoms with Crippen LogP contribution >= 0.6 is 11.6 Å². The standard InChI is InChI=1S/C22H21ClN2O3S/c1-16(17-9-5-3-6-10-17)24-22(26)20-14-13-18(15-21(20)23)25(2)29(27,28)19-11-7-4-8-12-19/h3-16H,1-2H3,(H,24,26)/t16-/m0/s1. The number of nitrogens with zero attached hydrogens (tertiary/aromatic N) is 1. The van der Waals surface area contributed by atoms with E-state index in [2.05, 4.69) is 5.32 Å². The highest BCUT2D eigenvalue weighted by atomic mass is 35.5. The Bertz CT molecular complexity index is 1100. The molecule has 1 atom stereocenters. The average Bonchev–Trinajstić information content (AvgIpc) is 2.74. The van der Waals surface area contributed by atoms with E-state index in [1.54, 1.807) is 24.3 Å². The minimum atomic E-state index is -3.72. The van der Waals surface area contributed by atoms with Crippen LogP contribution in [0, 0.1) is 0 Å². The molecule has 0 fully saturated rings. The minimum absolute atomic E-state index is 0.176. The molecule has 3 aromatic carbocycles. The van der Waals surface area contributed by atoms with Gasteiger partial charge < -0.3 is 5.32 Å². The number of nitrogens with one attached hydrogen (secondary N) is 1. The zero-order valence-corrected chi connectivity index (χ0v) is 17.6. The normalized spacial score (nSPS) is 12.2. The Morgan fingerprint density at radius 1 is 0.966 bits per heavy atom. The van der Waals surface area contributed by atoms with E-state index in [4.69, 9.17) is 11.6 Å². The first kappa shape index (κ1) is 20.9. The maximum absolute atomic E-state index is 12.8. The molecular formula is C22H21ClN2O3S. The van der Waals surface area contributed by atoms with E-state index in [9.17, 15) is 13.2 Å². The second-order valence-electron chi connectivity index (χ2n) is 6.56. The Labute approximate surface area is 176 Å². The fourth-order valence-corrected chi connectivity index (χ4v) is 4.34. The van der Waals surface area contributed by atoms with Crippen molar-refractivity contribution in [1.29, 1.82) is 0 Å². The molecule has 0 aliphatic rings. The van der Waals surface area contributed by atoms with Crippen LogP contribution in [0.15, 0.2) is 83.8 Å². The molecule has 3 aromatic rings. The second-order valence-corrected chi connectivity index (χ2v) is 8.93. The average molecular weight is 429 g/mol. The molecule has 3 rings (SSSR count). The van der Waals surface area contributed by atoms with E-state index in [1.807, 2.05) is 37.3 Å². The quantitative estimate of drug-likeness (QED) is 0.621. The summed E-state index contributed by atoms with van der Waals surface area (Å²) in [6, 6.07) is 22.1. The zero-order valence-electron chi connectivity index (χ0n) is 16.0. The third-order valence-corrected chi connectivity index (χ3v) is 6.72. The van der Waals surface area contributed by atoms with Gasteiger partial charge in [-0.2, -0.15) is 0 Å². The molecule has 5 nitrogen and oxygen atoms in total. The summed E-state index contributed by atoms with van der Waals surface area (Å²) in [5, 5.41) is 3.08. The fraction of sp³-hybridized carbons (Fsp3) is 0.136. The van der Waals surface area contributed by atoms with Crippen molar-refractivity contribution in [3.8, 4) is 0 Å². The molecule has 0 radical (unpaired) electrons. The van der Waals surface area contributed by atoms with E-state index < -0.39 is 10.0 Å². The summed E-state index contributed by atoms with van der Waals surface area (Å²) >= 11 is 6.31. The monoisotopic (exact) mass is 428 g/mol. The summed E-state index contributed by atoms with van der Waals surface area (Å²) in [6.07, 6.45) is 0. The molecule has 1 amide bonds. The van der Waals surface area contributed by atoms with E-state index >= 15 is 0 Å². The van der Waals surface area contributed by atoms with Crippen molar-refractivity contribution in [2.24, 2.45) is 0 Å². The van der Waals surface area contributed by atoms with Gasteiger partial charge >= 0.3 is 0 Å². The van der Waals surface area contributed by atoms with Crippen molar-refractivity contribution in [3.63, 3.8) is 0 Å². The minimum Gasteiger partial charge on any atom is -0.345 e. The van der Waals surface area contributed by atoms with Gasteiger partial charge in [-0.05, 0) is 42.8 Å². The predicted molar refractivity (Wildman–Crippen MR) is 116 cm³/mol. The highest BCUT2D eigenvalue weighted by molar-refractivity contribution is 7.92. The number of halogens is 1. The van der Waals surface area contributed by atoms with Gasteiger partial charge in [0.15, 0.2) is 0 Å². The van der Waals surface area contributed by atoms with Crippen LogP contribution in [0.1, 0.15) is 28.9 Å². The van der Waals surface area contributed by atoms with Gasteiger partial charge in [-0.1, -0.05) is 60.1 Å². The van der Waals surface area contributed by atoms with E-state index in [-0.39, 0.29) is 27.4 Å². The molecule has 0 spiro atoms. The Morgan fingerprint density at radius 3 is 2.14 bits per heavy atom. The van der Waals surface area contributed by atoms with Crippen molar-refractivity contribution in [2.75, 3.05) is 11.4 Å². The largest absolute Gasteiger partial charge is 0.345 e. The number of hydrogen-bond acceptors (Lipinski definition) is 3. The molecule has 0 heterocycles. The van der Waals surface area contributed by atoms with Gasteiger partial charge in [-0.25, -0.2) is 8.42 Å². The molecule has 0 aromatic heterocycles. The maximum Gasteiger partial charge on any atom is 0.264 e. The summed E-state index contributed by atoms with van der Waals surface area (Å²) in [6.45, 7) is 1.88. The summed E-state index contributed by atoms with van der Waals surface area (Å²) in [7, 11) is -2.27. The van der Waals surface area contributed by atoms with Gasteiger partial charge in [0, 0.05) is 7.05 Å². The highest BCUT2D eigenvalue weighted by Crippen LogP contribution is 2.27. The summed E-state index contributed by atoms with van der Waals surface area (Å²) in [5.74, 6) is -0.327. The van der Waals surface area contributed by atoms with Crippen molar-refractivity contribution >= 4 is 33.2 Å². The first-order chi connectivity index (χ1) is 13.8. The SMILES string of the molecule is C[C@H](NC(=O)c1ccc(N(C)S(=O)(=O)c2ccccc2)cc1Cl)c1ccccc1. The number of anilines is 1. The number of hydrogen-bond donors (Lipinski definition) is 1. The Balaban J connectivity index is 1.80. The number of amides is 1. The van der Waals surface area contributed by atoms with Crippen LogP contribution < -0.4 is 9.62 Å². The van der Waals surface area contributed by atoms with Crippen molar-refractivity contribution in [1.82, 2.24) is 5.32 Å². The lowest BCUT2D eigenvalue weighted by atomic mass is 10.1. The molecule has 0 aliphatic carbocycles. The third-order valence-electron chi connectivity index (χ3n) is 4.61. The number of carbonyl (C=O) groups is 1. The van der Waals surface area contributed by atoms with Crippen LogP contribution in [-0.2, 0) is 10.0 Å². The Hall–Kier alpha value is -2.83. The summed E-state index contributed by atoms with van der Waals surface area (Å²) in [4.78, 5) is 12.8. The van der Waals surface area contributed by atoms with E-state index in [1.165, 1.54) is 31.3 Å². The van der Waals surface area contributed by atoms with Gasteiger partial charge in [-0.15, -0.1) is 0 Å². The summed E-state index contributed by atoms with van der Waals surface area (Å²) < 4.78 is 26.7. The smallest absolute Gasteiger partial charge is 0.264 e. The van der Waals surface area contributed by atoms with Gasteiger partial charge in [0.05, 0.1) is 27.2 Å². The van der Waals surface area contributed by atoms with Crippen LogP contribution in [0.3, 0.4) is 0 Å². The molecule has 0 unspecified atom stereocenters. The molecule has 150 valence electrons. The molecule has 7 heteroatoms. The molecule has 0 aliphatic heterocycles. The number of sulfonamides is 1.